The van der Waals surface area contributed by atoms with Crippen LogP contribution >= 0.6 is 0 Å². The predicted octanol–water partition coefficient (Wildman–Crippen LogP) is 10.2. The first-order valence-corrected chi connectivity index (χ1v) is 16.8. The van der Waals surface area contributed by atoms with Gasteiger partial charge in [-0.05, 0) is 62.1 Å². The fourth-order valence-electron chi connectivity index (χ4n) is 5.22. The van der Waals surface area contributed by atoms with E-state index in [4.69, 9.17) is 4.98 Å². The van der Waals surface area contributed by atoms with E-state index in [0.717, 1.165) is 39.7 Å². The van der Waals surface area contributed by atoms with E-state index in [-0.39, 0.29) is 42.7 Å². The standard InChI is InChI=1S/C33H43N5.C9H7N.Pt/c1-30(2,3)22-13-20(14-23(17-22)31(4,5)6)21-15-24(26-18-28(37-35-26)32(7,8)9)34-25(16-21)27-19-29(38-36-27)33(10,11)12;1-2-4-9-7-10-6-5-8(9)3-1;/h13-19H,1-12H3;1-7H;/q-2;;+2. The van der Waals surface area contributed by atoms with Gasteiger partial charge in [0.25, 0.3) is 0 Å². The van der Waals surface area contributed by atoms with Crippen molar-refractivity contribution in [1.82, 2.24) is 30.4 Å². The summed E-state index contributed by atoms with van der Waals surface area (Å²) < 4.78 is 0. The van der Waals surface area contributed by atoms with Gasteiger partial charge in [0.2, 0.25) is 0 Å². The summed E-state index contributed by atoms with van der Waals surface area (Å²) in [7, 11) is 0. The van der Waals surface area contributed by atoms with Crippen LogP contribution in [0.5, 0.6) is 0 Å². The van der Waals surface area contributed by atoms with Crippen LogP contribution in [0.25, 0.3) is 44.7 Å². The van der Waals surface area contributed by atoms with Gasteiger partial charge in [-0.15, -0.1) is 0 Å². The second-order valence-corrected chi connectivity index (χ2v) is 16.9. The molecule has 49 heavy (non-hydrogen) atoms. The second-order valence-electron chi connectivity index (χ2n) is 16.9. The summed E-state index contributed by atoms with van der Waals surface area (Å²) in [6.07, 6.45) is 3.68. The number of pyridine rings is 2. The Bertz CT molecular complexity index is 1860. The zero-order valence-electron chi connectivity index (χ0n) is 31.1. The van der Waals surface area contributed by atoms with E-state index < -0.39 is 0 Å². The molecule has 0 spiro atoms. The van der Waals surface area contributed by atoms with Crippen molar-refractivity contribution < 1.29 is 21.1 Å². The summed E-state index contributed by atoms with van der Waals surface area (Å²) in [6.45, 7) is 26.5. The molecule has 0 aliphatic carbocycles. The SMILES string of the molecule is CC(C)(C)c1cc(-c2cc(-c3cc(C(C)(C)C)n[n-]3)nc(-c3cc(C(C)(C)C)n[n-]3)c2)cc(C(C)(C)C)c1.[Pt+2].c1ccc2cnccc2c1. The molecule has 7 heteroatoms. The van der Waals surface area contributed by atoms with Crippen molar-refractivity contribution >= 4 is 10.8 Å². The van der Waals surface area contributed by atoms with Crippen molar-refractivity contribution in [3.8, 4) is 33.9 Å². The Labute approximate surface area is 307 Å². The van der Waals surface area contributed by atoms with Crippen LogP contribution < -0.4 is 10.2 Å². The van der Waals surface area contributed by atoms with Crippen LogP contribution in [0.4, 0.5) is 0 Å². The van der Waals surface area contributed by atoms with Gasteiger partial charge in [0.1, 0.15) is 0 Å². The van der Waals surface area contributed by atoms with Gasteiger partial charge in [0.05, 0.1) is 11.4 Å². The number of nitrogens with zero attached hydrogens (tertiary/aromatic N) is 6. The minimum absolute atomic E-state index is 0. The maximum absolute atomic E-state index is 5.03. The maximum atomic E-state index is 5.03. The summed E-state index contributed by atoms with van der Waals surface area (Å²) in [5.41, 5.74) is 9.77. The van der Waals surface area contributed by atoms with Gasteiger partial charge in [-0.1, -0.05) is 149 Å². The van der Waals surface area contributed by atoms with Crippen LogP contribution in [0.1, 0.15) is 106 Å². The molecule has 258 valence electrons. The van der Waals surface area contributed by atoms with Gasteiger partial charge in [-0.2, -0.15) is 0 Å². The van der Waals surface area contributed by atoms with Crippen molar-refractivity contribution in [2.75, 3.05) is 0 Å². The number of benzene rings is 2. The van der Waals surface area contributed by atoms with E-state index >= 15 is 0 Å². The molecule has 4 heterocycles. The normalized spacial score (nSPS) is 12.3. The summed E-state index contributed by atoms with van der Waals surface area (Å²) in [4.78, 5) is 9.04. The molecular weight excluding hydrogens is 784 g/mol. The second kappa shape index (κ2) is 14.2. The maximum Gasteiger partial charge on any atom is 2.00 e. The number of aromatic nitrogens is 6. The third-order valence-electron chi connectivity index (χ3n) is 8.51. The molecule has 4 aromatic heterocycles. The first-order chi connectivity index (χ1) is 22.3. The molecule has 0 fully saturated rings. The summed E-state index contributed by atoms with van der Waals surface area (Å²) in [5, 5.41) is 20.5. The molecule has 0 bridgehead atoms. The molecule has 6 nitrogen and oxygen atoms in total. The monoisotopic (exact) mass is 833 g/mol. The van der Waals surface area contributed by atoms with E-state index in [1.165, 1.54) is 27.5 Å². The van der Waals surface area contributed by atoms with Crippen LogP contribution in [0.2, 0.25) is 0 Å². The molecule has 0 saturated carbocycles. The molecule has 0 amide bonds. The Morgan fingerprint density at radius 3 is 1.35 bits per heavy atom. The minimum Gasteiger partial charge on any atom is -0.573 e. The first-order valence-electron chi connectivity index (χ1n) is 16.8. The van der Waals surface area contributed by atoms with Crippen molar-refractivity contribution in [3.63, 3.8) is 0 Å². The summed E-state index contributed by atoms with van der Waals surface area (Å²) >= 11 is 0. The molecule has 6 rings (SSSR count). The first kappa shape index (κ1) is 37.9. The Balaban J connectivity index is 0.000000417. The van der Waals surface area contributed by atoms with Gasteiger partial charge in [-0.3, -0.25) is 9.97 Å². The van der Waals surface area contributed by atoms with Crippen molar-refractivity contribution in [2.45, 2.75) is 105 Å². The minimum atomic E-state index is -0.0902. The van der Waals surface area contributed by atoms with E-state index in [2.05, 4.69) is 163 Å². The van der Waals surface area contributed by atoms with Crippen LogP contribution in [-0.2, 0) is 42.7 Å². The molecule has 0 N–H and O–H groups in total. The Kier molecular flexibility index (Phi) is 11.0. The molecular formula is C42H50N6Pt. The molecule has 0 aliphatic rings. The molecule has 0 atom stereocenters. The molecule has 0 unspecified atom stereocenters. The van der Waals surface area contributed by atoms with Crippen LogP contribution in [-0.4, -0.2) is 20.2 Å². The molecule has 0 radical (unpaired) electrons. The molecule has 2 aromatic carbocycles. The van der Waals surface area contributed by atoms with E-state index in [1.807, 2.05) is 30.6 Å². The molecule has 0 aliphatic heterocycles. The topological polar surface area (TPSA) is 79.8 Å². The van der Waals surface area contributed by atoms with Gasteiger partial charge >= 0.3 is 21.1 Å². The zero-order chi connectivity index (χ0) is 35.1. The summed E-state index contributed by atoms with van der Waals surface area (Å²) in [5.74, 6) is 0. The zero-order valence-corrected chi connectivity index (χ0v) is 33.4. The Hall–Kier alpha value is -3.89. The fourth-order valence-corrected chi connectivity index (χ4v) is 5.22. The quantitative estimate of drug-likeness (QED) is 0.177. The third-order valence-corrected chi connectivity index (χ3v) is 8.51. The number of hydrogen-bond acceptors (Lipinski definition) is 4. The van der Waals surface area contributed by atoms with Crippen LogP contribution in [0, 0.1) is 0 Å². The average Bonchev–Trinajstić information content (AvgIpc) is 3.72. The fraction of sp³-hybridized carbons (Fsp3) is 0.381. The number of fused-ring (bicyclic) bond motifs is 1. The van der Waals surface area contributed by atoms with Gasteiger partial charge in [0.15, 0.2) is 0 Å². The molecule has 6 aromatic rings. The van der Waals surface area contributed by atoms with Gasteiger partial charge < -0.3 is 20.4 Å². The van der Waals surface area contributed by atoms with Crippen LogP contribution in [0.15, 0.2) is 85.2 Å². The van der Waals surface area contributed by atoms with Gasteiger partial charge in [0, 0.05) is 34.6 Å². The third kappa shape index (κ3) is 9.22. The Morgan fingerprint density at radius 1 is 0.490 bits per heavy atom. The largest absolute Gasteiger partial charge is 2.00 e. The number of hydrogen-bond donors (Lipinski definition) is 0. The van der Waals surface area contributed by atoms with Crippen molar-refractivity contribution in [1.29, 1.82) is 0 Å². The average molecular weight is 834 g/mol. The predicted molar refractivity (Wildman–Crippen MR) is 199 cm³/mol. The number of rotatable bonds is 3. The van der Waals surface area contributed by atoms with Crippen molar-refractivity contribution in [3.05, 3.63) is 108 Å². The summed E-state index contributed by atoms with van der Waals surface area (Å²) in [6, 6.07) is 25.5. The smallest absolute Gasteiger partial charge is 0.573 e. The van der Waals surface area contributed by atoms with Crippen LogP contribution in [0.3, 0.4) is 0 Å². The van der Waals surface area contributed by atoms with Crippen molar-refractivity contribution in [2.24, 2.45) is 0 Å². The van der Waals surface area contributed by atoms with E-state index in [0.29, 0.717) is 0 Å². The van der Waals surface area contributed by atoms with E-state index in [9.17, 15) is 0 Å². The Morgan fingerprint density at radius 2 is 0.939 bits per heavy atom. The van der Waals surface area contributed by atoms with E-state index in [1.54, 1.807) is 0 Å². The molecule has 0 saturated heterocycles. The van der Waals surface area contributed by atoms with Gasteiger partial charge in [-0.25, -0.2) is 0 Å².